The van der Waals surface area contributed by atoms with E-state index in [1.54, 1.807) is 4.68 Å². The van der Waals surface area contributed by atoms with Crippen molar-refractivity contribution in [2.75, 3.05) is 5.84 Å². The monoisotopic (exact) mass is 371 g/mol. The Morgan fingerprint density at radius 2 is 1.85 bits per heavy atom. The van der Waals surface area contributed by atoms with Gasteiger partial charge in [-0.3, -0.25) is 4.79 Å². The van der Waals surface area contributed by atoms with E-state index in [0.29, 0.717) is 17.1 Å². The summed E-state index contributed by atoms with van der Waals surface area (Å²) in [7, 11) is 0. The van der Waals surface area contributed by atoms with Crippen LogP contribution in [-0.4, -0.2) is 26.8 Å². The number of nitrogens with one attached hydrogen (secondary N) is 1. The zero-order valence-corrected chi connectivity index (χ0v) is 15.6. The highest BCUT2D eigenvalue weighted by molar-refractivity contribution is 8.00. The average Bonchev–Trinajstić information content (AvgIpc) is 3.42. The second-order valence-electron chi connectivity index (χ2n) is 7.24. The van der Waals surface area contributed by atoms with Crippen molar-refractivity contribution in [3.05, 3.63) is 41.7 Å². The van der Waals surface area contributed by atoms with Gasteiger partial charge in [-0.1, -0.05) is 61.4 Å². The first kappa shape index (κ1) is 17.4. The number of nitrogens with zero attached hydrogens (tertiary/aromatic N) is 3. The van der Waals surface area contributed by atoms with Gasteiger partial charge in [0.15, 0.2) is 5.82 Å². The van der Waals surface area contributed by atoms with Crippen molar-refractivity contribution < 1.29 is 4.79 Å². The Hall–Kier alpha value is -2.02. The standard InChI is InChI=1S/C19H25N5OS/c20-24-17(14-9-5-2-6-10-14)22-23-19(24)26-16(13-7-3-1-4-8-13)18(25)21-15-11-12-15/h1,3-4,7-8,14-16H,2,5-6,9-12,20H2,(H,21,25)/t16-/m0/s1. The highest BCUT2D eigenvalue weighted by atomic mass is 32.2. The normalized spacial score (nSPS) is 19.2. The number of hydrogen-bond acceptors (Lipinski definition) is 5. The van der Waals surface area contributed by atoms with E-state index in [0.717, 1.165) is 37.1 Å². The van der Waals surface area contributed by atoms with Gasteiger partial charge in [-0.15, -0.1) is 10.2 Å². The van der Waals surface area contributed by atoms with E-state index in [1.807, 2.05) is 30.3 Å². The lowest BCUT2D eigenvalue weighted by molar-refractivity contribution is -0.120. The van der Waals surface area contributed by atoms with Crippen molar-refractivity contribution in [3.8, 4) is 0 Å². The third-order valence-electron chi connectivity index (χ3n) is 5.15. The van der Waals surface area contributed by atoms with Gasteiger partial charge in [-0.25, -0.2) is 4.68 Å². The third-order valence-corrected chi connectivity index (χ3v) is 6.36. The Labute approximate surface area is 157 Å². The number of carbonyl (C=O) groups is 1. The molecule has 1 aromatic heterocycles. The van der Waals surface area contributed by atoms with Gasteiger partial charge in [0.1, 0.15) is 5.25 Å². The molecule has 0 unspecified atom stereocenters. The van der Waals surface area contributed by atoms with Crippen LogP contribution < -0.4 is 11.2 Å². The molecule has 2 aromatic rings. The van der Waals surface area contributed by atoms with Crippen LogP contribution in [0.5, 0.6) is 0 Å². The number of thioether (sulfide) groups is 1. The van der Waals surface area contributed by atoms with Gasteiger partial charge in [0.25, 0.3) is 0 Å². The number of rotatable bonds is 6. The number of nitrogens with two attached hydrogens (primary N) is 1. The number of nitrogen functional groups attached to an aromatic ring is 1. The van der Waals surface area contributed by atoms with Crippen molar-refractivity contribution >= 4 is 17.7 Å². The lowest BCUT2D eigenvalue weighted by Gasteiger charge is -2.20. The molecule has 1 aromatic carbocycles. The van der Waals surface area contributed by atoms with E-state index >= 15 is 0 Å². The summed E-state index contributed by atoms with van der Waals surface area (Å²) in [6.45, 7) is 0. The van der Waals surface area contributed by atoms with Gasteiger partial charge >= 0.3 is 0 Å². The Morgan fingerprint density at radius 1 is 1.12 bits per heavy atom. The highest BCUT2D eigenvalue weighted by Crippen LogP contribution is 2.37. The molecule has 3 N–H and O–H groups in total. The molecule has 4 rings (SSSR count). The van der Waals surface area contributed by atoms with Gasteiger partial charge in [0.2, 0.25) is 11.1 Å². The molecule has 0 saturated heterocycles. The summed E-state index contributed by atoms with van der Waals surface area (Å²) in [4.78, 5) is 12.8. The lowest BCUT2D eigenvalue weighted by Crippen LogP contribution is -2.30. The van der Waals surface area contributed by atoms with E-state index in [1.165, 1.54) is 31.0 Å². The summed E-state index contributed by atoms with van der Waals surface area (Å²) in [5.41, 5.74) is 0.956. The van der Waals surface area contributed by atoms with Crippen LogP contribution in [-0.2, 0) is 4.79 Å². The van der Waals surface area contributed by atoms with E-state index in [9.17, 15) is 4.79 Å². The quantitative estimate of drug-likeness (QED) is 0.602. The Balaban J connectivity index is 1.55. The molecule has 0 aliphatic heterocycles. The zero-order valence-electron chi connectivity index (χ0n) is 14.8. The Kier molecular flexibility index (Phi) is 5.15. The second kappa shape index (κ2) is 7.70. The summed E-state index contributed by atoms with van der Waals surface area (Å²) in [6, 6.07) is 10.1. The van der Waals surface area contributed by atoms with Crippen molar-refractivity contribution in [1.29, 1.82) is 0 Å². The van der Waals surface area contributed by atoms with Crippen LogP contribution in [0.1, 0.15) is 67.5 Å². The highest BCUT2D eigenvalue weighted by Gasteiger charge is 2.31. The van der Waals surface area contributed by atoms with Crippen molar-refractivity contribution in [2.24, 2.45) is 0 Å². The maximum absolute atomic E-state index is 12.8. The van der Waals surface area contributed by atoms with Crippen LogP contribution in [0.4, 0.5) is 0 Å². The van der Waals surface area contributed by atoms with E-state index < -0.39 is 0 Å². The minimum absolute atomic E-state index is 0.0194. The number of aromatic nitrogens is 3. The first-order valence-corrected chi connectivity index (χ1v) is 10.3. The molecule has 1 amide bonds. The first-order chi connectivity index (χ1) is 12.7. The fraction of sp³-hybridized carbons (Fsp3) is 0.526. The van der Waals surface area contributed by atoms with Crippen LogP contribution in [0.15, 0.2) is 35.5 Å². The molecule has 1 atom stereocenters. The van der Waals surface area contributed by atoms with Crippen LogP contribution in [0.2, 0.25) is 0 Å². The topological polar surface area (TPSA) is 85.8 Å². The number of benzene rings is 1. The minimum Gasteiger partial charge on any atom is -0.352 e. The lowest BCUT2D eigenvalue weighted by atomic mass is 9.89. The molecule has 7 heteroatoms. The summed E-state index contributed by atoms with van der Waals surface area (Å²) >= 11 is 1.38. The molecule has 2 fully saturated rings. The number of carbonyl (C=O) groups excluding carboxylic acids is 1. The van der Waals surface area contributed by atoms with Crippen molar-refractivity contribution in [3.63, 3.8) is 0 Å². The van der Waals surface area contributed by atoms with Gasteiger partial charge in [-0.05, 0) is 31.2 Å². The smallest absolute Gasteiger partial charge is 0.238 e. The number of amides is 1. The number of hydrogen-bond donors (Lipinski definition) is 2. The summed E-state index contributed by atoms with van der Waals surface area (Å²) < 4.78 is 1.60. The summed E-state index contributed by atoms with van der Waals surface area (Å²) in [5.74, 6) is 7.56. The molecule has 26 heavy (non-hydrogen) atoms. The zero-order chi connectivity index (χ0) is 17.9. The Bertz CT molecular complexity index is 753. The van der Waals surface area contributed by atoms with E-state index in [4.69, 9.17) is 5.84 Å². The molecule has 0 radical (unpaired) electrons. The molecular weight excluding hydrogens is 346 g/mol. The molecule has 0 bridgehead atoms. The van der Waals surface area contributed by atoms with Gasteiger partial charge < -0.3 is 11.2 Å². The molecule has 138 valence electrons. The van der Waals surface area contributed by atoms with Crippen LogP contribution in [0.3, 0.4) is 0 Å². The largest absolute Gasteiger partial charge is 0.352 e. The summed E-state index contributed by atoms with van der Waals surface area (Å²) in [6.07, 6.45) is 8.09. The molecule has 2 aliphatic rings. The predicted octanol–water partition coefficient (Wildman–Crippen LogP) is 3.15. The molecule has 2 aliphatic carbocycles. The SMILES string of the molecule is Nn1c(S[C@H](C(=O)NC2CC2)c2ccccc2)nnc1C1CCCCC1. The maximum atomic E-state index is 12.8. The van der Waals surface area contributed by atoms with Crippen LogP contribution in [0.25, 0.3) is 0 Å². The molecule has 2 saturated carbocycles. The third kappa shape index (κ3) is 3.87. The summed E-state index contributed by atoms with van der Waals surface area (Å²) in [5, 5.41) is 12.0. The van der Waals surface area contributed by atoms with E-state index in [2.05, 4.69) is 15.5 Å². The fourth-order valence-corrected chi connectivity index (χ4v) is 4.49. The van der Waals surface area contributed by atoms with Crippen molar-refractivity contribution in [1.82, 2.24) is 20.2 Å². The second-order valence-corrected chi connectivity index (χ2v) is 8.31. The minimum atomic E-state index is -0.373. The van der Waals surface area contributed by atoms with Crippen LogP contribution in [0, 0.1) is 0 Å². The van der Waals surface area contributed by atoms with Crippen LogP contribution >= 0.6 is 11.8 Å². The Morgan fingerprint density at radius 3 is 2.54 bits per heavy atom. The predicted molar refractivity (Wildman–Crippen MR) is 102 cm³/mol. The van der Waals surface area contributed by atoms with Gasteiger partial charge in [0.05, 0.1) is 0 Å². The van der Waals surface area contributed by atoms with Gasteiger partial charge in [0, 0.05) is 12.0 Å². The molecule has 6 nitrogen and oxygen atoms in total. The first-order valence-electron chi connectivity index (χ1n) is 9.44. The van der Waals surface area contributed by atoms with E-state index in [-0.39, 0.29) is 11.2 Å². The average molecular weight is 372 g/mol. The maximum Gasteiger partial charge on any atom is 0.238 e. The van der Waals surface area contributed by atoms with Gasteiger partial charge in [-0.2, -0.15) is 0 Å². The fourth-order valence-electron chi connectivity index (χ4n) is 3.52. The van der Waals surface area contributed by atoms with Crippen molar-refractivity contribution in [2.45, 2.75) is 67.3 Å². The molecule has 0 spiro atoms. The molecule has 1 heterocycles. The molecular formula is C19H25N5OS.